The van der Waals surface area contributed by atoms with Crippen LogP contribution in [0.4, 0.5) is 5.82 Å². The van der Waals surface area contributed by atoms with E-state index in [-0.39, 0.29) is 11.1 Å². The van der Waals surface area contributed by atoms with Crippen molar-refractivity contribution >= 4 is 27.4 Å². The lowest BCUT2D eigenvalue weighted by atomic mass is 9.84. The third-order valence-electron chi connectivity index (χ3n) is 7.38. The summed E-state index contributed by atoms with van der Waals surface area (Å²) in [5, 5.41) is 28.8. The van der Waals surface area contributed by atoms with Gasteiger partial charge in [-0.1, -0.05) is 0 Å². The summed E-state index contributed by atoms with van der Waals surface area (Å²) in [4.78, 5) is 6.81. The van der Waals surface area contributed by atoms with Crippen molar-refractivity contribution in [2.75, 3.05) is 11.9 Å². The molecule has 6 heterocycles. The topological polar surface area (TPSA) is 108 Å². The number of aromatic amines is 1. The molecule has 0 amide bonds. The molecule has 2 aliphatic heterocycles. The van der Waals surface area contributed by atoms with Crippen LogP contribution in [0.1, 0.15) is 46.0 Å². The Balaban J connectivity index is 1.27. The first-order chi connectivity index (χ1) is 15.9. The van der Waals surface area contributed by atoms with Crippen LogP contribution in [0, 0.1) is 0 Å². The van der Waals surface area contributed by atoms with E-state index in [0.717, 1.165) is 34.4 Å². The highest BCUT2D eigenvalue weighted by Gasteiger charge is 2.46. The molecule has 2 N–H and O–H groups in total. The van der Waals surface area contributed by atoms with E-state index in [2.05, 4.69) is 66.7 Å². The van der Waals surface area contributed by atoms with E-state index in [1.54, 1.807) is 12.4 Å². The monoisotopic (exact) mass is 461 g/mol. The van der Waals surface area contributed by atoms with Gasteiger partial charge in [-0.15, -0.1) is 31.7 Å². The Morgan fingerprint density at radius 2 is 1.88 bits per heavy atom. The maximum absolute atomic E-state index is 4.58. The Kier molecular flexibility index (Phi) is 4.70. The highest BCUT2D eigenvalue weighted by atomic mass is 32.1. The second-order valence-corrected chi connectivity index (χ2v) is 10.8. The van der Waals surface area contributed by atoms with Crippen molar-refractivity contribution in [2.45, 2.75) is 63.1 Å². The third-order valence-corrected chi connectivity index (χ3v) is 8.21. The Labute approximate surface area is 196 Å². The number of rotatable bonds is 4. The van der Waals surface area contributed by atoms with E-state index >= 15 is 0 Å². The van der Waals surface area contributed by atoms with Crippen LogP contribution in [0.25, 0.3) is 32.9 Å². The molecular weight excluding hydrogens is 434 g/mol. The normalized spacial score (nSPS) is 27.1. The molecule has 2 aliphatic rings. The molecule has 6 rings (SSSR count). The molecule has 0 unspecified atom stereocenters. The minimum Gasteiger partial charge on any atom is -0.355 e. The molecule has 4 aromatic heterocycles. The highest BCUT2D eigenvalue weighted by molar-refractivity contribution is 7.17. The number of H-pyrrole nitrogens is 1. The zero-order valence-electron chi connectivity index (χ0n) is 19.0. The van der Waals surface area contributed by atoms with Crippen LogP contribution in [0.5, 0.6) is 0 Å². The largest absolute Gasteiger partial charge is 0.355 e. The van der Waals surface area contributed by atoms with Gasteiger partial charge >= 0.3 is 0 Å². The Bertz CT molecular complexity index is 1290. The maximum Gasteiger partial charge on any atom is 0.151 e. The first-order valence-corrected chi connectivity index (χ1v) is 12.3. The van der Waals surface area contributed by atoms with Gasteiger partial charge in [0.15, 0.2) is 5.82 Å². The molecule has 9 nitrogen and oxygen atoms in total. The fourth-order valence-electron chi connectivity index (χ4n) is 5.53. The summed E-state index contributed by atoms with van der Waals surface area (Å²) in [5.74, 6) is 0.888. The summed E-state index contributed by atoms with van der Waals surface area (Å²) in [7, 11) is 2.14. The summed E-state index contributed by atoms with van der Waals surface area (Å²) in [6.07, 6.45) is 9.47. The van der Waals surface area contributed by atoms with Crippen molar-refractivity contribution in [1.29, 1.82) is 0 Å². The lowest BCUT2D eigenvalue weighted by Crippen LogP contribution is -2.47. The number of nitrogens with zero attached hydrogens (tertiary/aromatic N) is 7. The molecule has 0 saturated carbocycles. The third kappa shape index (κ3) is 3.57. The van der Waals surface area contributed by atoms with Crippen LogP contribution >= 0.6 is 11.3 Å². The fraction of sp³-hybridized carbons (Fsp3) is 0.478. The fourth-order valence-corrected chi connectivity index (χ4v) is 6.31. The van der Waals surface area contributed by atoms with E-state index in [0.29, 0.717) is 23.1 Å². The van der Waals surface area contributed by atoms with Gasteiger partial charge in [0.25, 0.3) is 0 Å². The number of nitrogens with one attached hydrogen (secondary N) is 2. The van der Waals surface area contributed by atoms with Gasteiger partial charge in [-0.25, -0.2) is 4.98 Å². The average Bonchev–Trinajstić information content (AvgIpc) is 3.55. The van der Waals surface area contributed by atoms with Crippen LogP contribution in [0.3, 0.4) is 0 Å². The lowest BCUT2D eigenvalue weighted by Gasteiger charge is -2.34. The van der Waals surface area contributed by atoms with Gasteiger partial charge in [-0.2, -0.15) is 5.10 Å². The molecule has 2 saturated heterocycles. The van der Waals surface area contributed by atoms with Crippen LogP contribution in [-0.4, -0.2) is 59.7 Å². The van der Waals surface area contributed by atoms with Crippen molar-refractivity contribution in [2.24, 2.45) is 0 Å². The zero-order chi connectivity index (χ0) is 22.6. The molecule has 0 spiro atoms. The maximum atomic E-state index is 4.58. The number of anilines is 1. The van der Waals surface area contributed by atoms with Gasteiger partial charge in [-0.05, 0) is 58.1 Å². The van der Waals surface area contributed by atoms with Gasteiger partial charge < -0.3 is 10.2 Å². The van der Waals surface area contributed by atoms with Crippen molar-refractivity contribution in [1.82, 2.24) is 40.9 Å². The van der Waals surface area contributed by atoms with Crippen molar-refractivity contribution in [3.8, 4) is 22.6 Å². The van der Waals surface area contributed by atoms with E-state index in [4.69, 9.17) is 0 Å². The zero-order valence-corrected chi connectivity index (χ0v) is 19.9. The summed E-state index contributed by atoms with van der Waals surface area (Å²) in [5.41, 5.74) is 6.06. The molecular formula is C23H27N9S. The first-order valence-electron chi connectivity index (χ1n) is 11.4. The summed E-state index contributed by atoms with van der Waals surface area (Å²) >= 11 is 1.53. The second-order valence-electron chi connectivity index (χ2n) is 9.94. The molecule has 2 fully saturated rings. The van der Waals surface area contributed by atoms with Crippen LogP contribution < -0.4 is 10.2 Å². The molecule has 10 heteroatoms. The van der Waals surface area contributed by atoms with E-state index < -0.39 is 0 Å². The predicted octanol–water partition coefficient (Wildman–Crippen LogP) is 3.82. The quantitative estimate of drug-likeness (QED) is 0.472. The highest BCUT2D eigenvalue weighted by Crippen LogP contribution is 2.42. The van der Waals surface area contributed by atoms with Crippen LogP contribution in [-0.2, 0) is 0 Å². The molecule has 0 aliphatic carbocycles. The van der Waals surface area contributed by atoms with Gasteiger partial charge in [-0.3, -0.25) is 5.10 Å². The van der Waals surface area contributed by atoms with Crippen LogP contribution in [0.15, 0.2) is 30.0 Å². The van der Waals surface area contributed by atoms with Gasteiger partial charge in [0.05, 0.1) is 16.4 Å². The Morgan fingerprint density at radius 1 is 1.03 bits per heavy atom. The number of hydrogen-bond acceptors (Lipinski definition) is 9. The van der Waals surface area contributed by atoms with Gasteiger partial charge in [0.1, 0.15) is 22.6 Å². The van der Waals surface area contributed by atoms with Gasteiger partial charge in [0.2, 0.25) is 0 Å². The molecule has 4 aromatic rings. The van der Waals surface area contributed by atoms with E-state index in [1.165, 1.54) is 30.6 Å². The van der Waals surface area contributed by atoms with Crippen molar-refractivity contribution in [3.63, 3.8) is 0 Å². The van der Waals surface area contributed by atoms with Crippen LogP contribution in [0.2, 0.25) is 0 Å². The predicted molar refractivity (Wildman–Crippen MR) is 129 cm³/mol. The molecule has 0 aromatic carbocycles. The summed E-state index contributed by atoms with van der Waals surface area (Å²) in [6, 6.07) is 4.47. The number of fused-ring (bicyclic) bond motifs is 3. The SMILES string of the molecule is CN(c1ccc(-c2nnc(-c3cn[nH]c3)c3ncsc23)nn1)[C@@H]1CC[C@@]2(C)CC[C@@](C)(C1)N2. The number of thiazole rings is 1. The molecule has 170 valence electrons. The molecule has 33 heavy (non-hydrogen) atoms. The minimum absolute atomic E-state index is 0.196. The molecule has 0 radical (unpaired) electrons. The Morgan fingerprint density at radius 3 is 2.67 bits per heavy atom. The Hall–Kier alpha value is -2.98. The van der Waals surface area contributed by atoms with E-state index in [1.807, 2.05) is 17.6 Å². The average molecular weight is 462 g/mol. The number of aromatic nitrogens is 7. The standard InChI is InChI=1S/C23H27N9S/c1-22-7-6-15(10-23(2,31-22)9-8-22)32(3)17-5-4-16(27-28-17)19-21-20(24-13-33-21)18(29-30-19)14-11-25-26-12-14/h4-5,11-13,15,31H,6-10H2,1-3H3,(H,25,26)/t15-,22+,23+/m1/s1. The minimum atomic E-state index is 0.196. The molecule has 3 atom stereocenters. The van der Waals surface area contributed by atoms with Gasteiger partial charge in [0, 0.05) is 35.9 Å². The summed E-state index contributed by atoms with van der Waals surface area (Å²) in [6.45, 7) is 4.74. The van der Waals surface area contributed by atoms with E-state index in [9.17, 15) is 0 Å². The number of hydrogen-bond donors (Lipinski definition) is 2. The second kappa shape index (κ2) is 7.53. The molecule has 2 bridgehead atoms. The van der Waals surface area contributed by atoms with Crippen molar-refractivity contribution in [3.05, 3.63) is 30.0 Å². The first kappa shape index (κ1) is 20.6. The van der Waals surface area contributed by atoms with Crippen molar-refractivity contribution < 1.29 is 0 Å². The summed E-state index contributed by atoms with van der Waals surface area (Å²) < 4.78 is 0.948. The smallest absolute Gasteiger partial charge is 0.151 e. The lowest BCUT2D eigenvalue weighted by molar-refractivity contribution is 0.328.